The number of hydrogen-bond donors (Lipinski definition) is 0. The van der Waals surface area contributed by atoms with Crippen molar-refractivity contribution in [2.24, 2.45) is 0 Å². The Bertz CT molecular complexity index is 985. The maximum absolute atomic E-state index is 14.1. The highest BCUT2D eigenvalue weighted by atomic mass is 31.2. The molecule has 2 aliphatic heterocycles. The molecule has 1 unspecified atom stereocenters. The van der Waals surface area contributed by atoms with Crippen molar-refractivity contribution >= 4 is 23.1 Å². The molecule has 0 spiro atoms. The van der Waals surface area contributed by atoms with E-state index in [0.717, 1.165) is 43.7 Å². The maximum atomic E-state index is 14.1. The van der Waals surface area contributed by atoms with Crippen molar-refractivity contribution in [3.05, 3.63) is 66.2 Å². The van der Waals surface area contributed by atoms with Crippen LogP contribution in [-0.2, 0) is 4.57 Å². The third kappa shape index (κ3) is 1.14. The van der Waals surface area contributed by atoms with E-state index in [1.165, 1.54) is 0 Å². The quantitative estimate of drug-likeness (QED) is 0.398. The molecule has 0 saturated carbocycles. The van der Waals surface area contributed by atoms with Gasteiger partial charge in [-0.15, -0.1) is 0 Å². The highest BCUT2D eigenvalue weighted by molar-refractivity contribution is 7.87. The van der Waals surface area contributed by atoms with Gasteiger partial charge in [0.25, 0.3) is 0 Å². The molecule has 3 aromatic carbocycles. The minimum atomic E-state index is -2.67. The molecular formula is C19H13OP. The van der Waals surface area contributed by atoms with Crippen molar-refractivity contribution in [1.82, 2.24) is 0 Å². The lowest BCUT2D eigenvalue weighted by molar-refractivity contribution is 0.593. The summed E-state index contributed by atoms with van der Waals surface area (Å²) in [4.78, 5) is 0. The molecule has 5 rings (SSSR count). The van der Waals surface area contributed by atoms with Gasteiger partial charge in [-0.05, 0) is 34.7 Å². The van der Waals surface area contributed by atoms with E-state index in [1.54, 1.807) is 0 Å². The minimum Gasteiger partial charge on any atom is -0.309 e. The Balaban J connectivity index is 2.08. The average Bonchev–Trinajstić information content (AvgIpc) is 2.94. The molecule has 3 aromatic rings. The Kier molecular flexibility index (Phi) is 1.95. The Morgan fingerprint density at radius 1 is 0.667 bits per heavy atom. The van der Waals surface area contributed by atoms with Gasteiger partial charge in [-0.1, -0.05) is 60.7 Å². The zero-order valence-electron chi connectivity index (χ0n) is 11.6. The van der Waals surface area contributed by atoms with Crippen LogP contribution >= 0.6 is 7.14 Å². The number of rotatable bonds is 0. The smallest absolute Gasteiger partial charge is 0.173 e. The van der Waals surface area contributed by atoms with E-state index in [2.05, 4.69) is 49.4 Å². The van der Waals surface area contributed by atoms with Crippen LogP contribution < -0.4 is 15.9 Å². The molecule has 0 amide bonds. The maximum Gasteiger partial charge on any atom is 0.173 e. The molecule has 0 fully saturated rings. The lowest BCUT2D eigenvalue weighted by Crippen LogP contribution is -2.18. The van der Waals surface area contributed by atoms with Crippen LogP contribution in [0.3, 0.4) is 0 Å². The first kappa shape index (κ1) is 11.5. The summed E-state index contributed by atoms with van der Waals surface area (Å²) in [6, 6.07) is 20.7. The van der Waals surface area contributed by atoms with Gasteiger partial charge >= 0.3 is 0 Å². The fraction of sp³-hybridized carbons (Fsp3) is 0.0526. The standard InChI is InChI=1S/C19H13OP/c1-12-6-4-8-15-16-10-5-9-14-13-7-2-3-11-17(13)21(20,18(12)15)19(14)16/h2-11H,1H3. The van der Waals surface area contributed by atoms with E-state index < -0.39 is 7.14 Å². The van der Waals surface area contributed by atoms with Crippen LogP contribution in [0.25, 0.3) is 22.3 Å². The van der Waals surface area contributed by atoms with Gasteiger partial charge < -0.3 is 4.57 Å². The molecule has 21 heavy (non-hydrogen) atoms. The number of fused-ring (bicyclic) bond motifs is 6. The third-order valence-electron chi connectivity index (χ3n) is 4.73. The summed E-state index contributed by atoms with van der Waals surface area (Å²) in [5.74, 6) is 0. The number of benzene rings is 3. The van der Waals surface area contributed by atoms with Gasteiger partial charge in [-0.3, -0.25) is 0 Å². The van der Waals surface area contributed by atoms with E-state index in [0.29, 0.717) is 0 Å². The lowest BCUT2D eigenvalue weighted by atomic mass is 9.98. The van der Waals surface area contributed by atoms with Gasteiger partial charge in [-0.2, -0.15) is 0 Å². The van der Waals surface area contributed by atoms with Crippen LogP contribution in [0.4, 0.5) is 0 Å². The largest absolute Gasteiger partial charge is 0.309 e. The molecule has 0 N–H and O–H groups in total. The van der Waals surface area contributed by atoms with Gasteiger partial charge in [0.2, 0.25) is 0 Å². The summed E-state index contributed by atoms with van der Waals surface area (Å²) in [5.41, 5.74) is 5.75. The Labute approximate surface area is 123 Å². The lowest BCUT2D eigenvalue weighted by Gasteiger charge is -2.14. The summed E-state index contributed by atoms with van der Waals surface area (Å²) >= 11 is 0. The molecule has 0 aliphatic carbocycles. The van der Waals surface area contributed by atoms with Gasteiger partial charge in [0, 0.05) is 15.9 Å². The van der Waals surface area contributed by atoms with Crippen LogP contribution in [0.15, 0.2) is 60.7 Å². The van der Waals surface area contributed by atoms with E-state index >= 15 is 0 Å². The van der Waals surface area contributed by atoms with Crippen molar-refractivity contribution < 1.29 is 4.57 Å². The van der Waals surface area contributed by atoms with Crippen LogP contribution in [0.5, 0.6) is 0 Å². The fourth-order valence-electron chi connectivity index (χ4n) is 3.94. The first-order valence-electron chi connectivity index (χ1n) is 7.17. The SMILES string of the molecule is Cc1cccc2c1P1(=O)c3ccccc3-c3cccc-2c31. The van der Waals surface area contributed by atoms with Crippen LogP contribution in [0, 0.1) is 6.92 Å². The molecule has 1 nitrogen and oxygen atoms in total. The summed E-state index contributed by atoms with van der Waals surface area (Å²) in [6.07, 6.45) is 0. The first-order chi connectivity index (χ1) is 10.2. The molecule has 0 radical (unpaired) electrons. The predicted molar refractivity (Wildman–Crippen MR) is 88.6 cm³/mol. The average molecular weight is 288 g/mol. The topological polar surface area (TPSA) is 17.1 Å². The van der Waals surface area contributed by atoms with Crippen molar-refractivity contribution in [2.45, 2.75) is 6.92 Å². The molecule has 2 heterocycles. The second-order valence-electron chi connectivity index (χ2n) is 5.80. The van der Waals surface area contributed by atoms with Crippen LogP contribution in [0.2, 0.25) is 0 Å². The molecule has 0 saturated heterocycles. The van der Waals surface area contributed by atoms with Gasteiger partial charge in [-0.25, -0.2) is 0 Å². The summed E-state index contributed by atoms with van der Waals surface area (Å²) in [6.45, 7) is 2.07. The van der Waals surface area contributed by atoms with E-state index in [9.17, 15) is 4.57 Å². The molecule has 0 bridgehead atoms. The first-order valence-corrected chi connectivity index (χ1v) is 8.88. The molecule has 2 heteroatoms. The number of hydrogen-bond acceptors (Lipinski definition) is 1. The highest BCUT2D eigenvalue weighted by Gasteiger charge is 2.48. The fourth-order valence-corrected chi connectivity index (χ4v) is 7.65. The monoisotopic (exact) mass is 288 g/mol. The van der Waals surface area contributed by atoms with Crippen LogP contribution in [0.1, 0.15) is 5.56 Å². The minimum absolute atomic E-state index is 1.01. The van der Waals surface area contributed by atoms with Crippen molar-refractivity contribution in [3.63, 3.8) is 0 Å². The van der Waals surface area contributed by atoms with Crippen LogP contribution in [-0.4, -0.2) is 0 Å². The highest BCUT2D eigenvalue weighted by Crippen LogP contribution is 2.59. The summed E-state index contributed by atoms with van der Waals surface area (Å²) < 4.78 is 14.1. The molecule has 2 aliphatic rings. The Morgan fingerprint density at radius 2 is 1.24 bits per heavy atom. The van der Waals surface area contributed by atoms with Crippen molar-refractivity contribution in [2.75, 3.05) is 0 Å². The summed E-state index contributed by atoms with van der Waals surface area (Å²) in [7, 11) is -2.67. The van der Waals surface area contributed by atoms with Gasteiger partial charge in [0.05, 0.1) is 0 Å². The summed E-state index contributed by atoms with van der Waals surface area (Å²) in [5, 5.41) is 3.13. The molecule has 100 valence electrons. The second kappa shape index (κ2) is 3.55. The van der Waals surface area contributed by atoms with Gasteiger partial charge in [0.15, 0.2) is 7.14 Å². The zero-order valence-corrected chi connectivity index (χ0v) is 12.5. The van der Waals surface area contributed by atoms with E-state index in [4.69, 9.17) is 0 Å². The van der Waals surface area contributed by atoms with E-state index in [1.807, 2.05) is 18.2 Å². The van der Waals surface area contributed by atoms with Crippen molar-refractivity contribution in [1.29, 1.82) is 0 Å². The Hall–Kier alpha value is -2.11. The normalized spacial score (nSPS) is 20.0. The second-order valence-corrected chi connectivity index (χ2v) is 8.39. The number of aryl methyl sites for hydroxylation is 1. The van der Waals surface area contributed by atoms with Crippen molar-refractivity contribution in [3.8, 4) is 22.3 Å². The Morgan fingerprint density at radius 3 is 2.05 bits per heavy atom. The molecule has 0 aromatic heterocycles. The van der Waals surface area contributed by atoms with Gasteiger partial charge in [0.1, 0.15) is 0 Å². The predicted octanol–water partition coefficient (Wildman–Crippen LogP) is 3.60. The molecular weight excluding hydrogens is 275 g/mol. The molecule has 1 atom stereocenters. The zero-order chi connectivity index (χ0) is 14.2. The van der Waals surface area contributed by atoms with E-state index in [-0.39, 0.29) is 0 Å². The third-order valence-corrected chi connectivity index (χ3v) is 8.13.